The molecule has 1 amide bonds. The van der Waals surface area contributed by atoms with Gasteiger partial charge in [-0.05, 0) is 13.0 Å². The molecule has 5 heteroatoms. The van der Waals surface area contributed by atoms with E-state index in [1.807, 2.05) is 17.6 Å². The van der Waals surface area contributed by atoms with Gasteiger partial charge in [-0.3, -0.25) is 4.79 Å². The van der Waals surface area contributed by atoms with Gasteiger partial charge in [-0.15, -0.1) is 0 Å². The lowest BCUT2D eigenvalue weighted by Gasteiger charge is -2.15. The molecule has 1 N–H and O–H groups in total. The second-order valence-corrected chi connectivity index (χ2v) is 3.68. The highest BCUT2D eigenvalue weighted by atomic mass is 16.1. The number of rotatable bonds is 0. The van der Waals surface area contributed by atoms with E-state index in [9.17, 15) is 4.79 Å². The molecule has 5 nitrogen and oxygen atoms in total. The van der Waals surface area contributed by atoms with Crippen molar-refractivity contribution in [1.82, 2.24) is 14.5 Å². The minimum atomic E-state index is 0.0648. The predicted molar refractivity (Wildman–Crippen MR) is 55.5 cm³/mol. The highest BCUT2D eigenvalue weighted by Gasteiger charge is 2.17. The van der Waals surface area contributed by atoms with E-state index in [2.05, 4.69) is 15.3 Å². The van der Waals surface area contributed by atoms with Gasteiger partial charge < -0.3 is 9.88 Å². The molecule has 0 atom stereocenters. The Labute approximate surface area is 86.1 Å². The average molecular weight is 202 g/mol. The van der Waals surface area contributed by atoms with Gasteiger partial charge in [0.25, 0.3) is 0 Å². The third kappa shape index (κ3) is 1.20. The molecule has 0 unspecified atom stereocenters. The SMILES string of the molecule is Cc1ncc2cc3n(c2n1)CCC(=O)N3. The Hall–Kier alpha value is -1.91. The van der Waals surface area contributed by atoms with Crippen molar-refractivity contribution in [2.24, 2.45) is 0 Å². The summed E-state index contributed by atoms with van der Waals surface area (Å²) in [4.78, 5) is 19.7. The van der Waals surface area contributed by atoms with Gasteiger partial charge in [0.1, 0.15) is 17.3 Å². The number of aryl methyl sites for hydroxylation is 2. The Bertz CT molecular complexity index is 558. The molecule has 0 saturated heterocycles. The largest absolute Gasteiger partial charge is 0.312 e. The van der Waals surface area contributed by atoms with Crippen molar-refractivity contribution in [3.05, 3.63) is 18.1 Å². The molecule has 0 fully saturated rings. The van der Waals surface area contributed by atoms with Crippen molar-refractivity contribution in [3.8, 4) is 0 Å². The zero-order valence-corrected chi connectivity index (χ0v) is 8.32. The minimum absolute atomic E-state index is 0.0648. The molecular weight excluding hydrogens is 192 g/mol. The fourth-order valence-electron chi connectivity index (χ4n) is 1.87. The Morgan fingerprint density at radius 3 is 3.27 bits per heavy atom. The standard InChI is InChI=1S/C10H10N4O/c1-6-11-5-7-4-8-13-9(15)2-3-14(8)10(7)12-6/h4-5H,2-3H2,1H3,(H,13,15). The number of nitrogens with one attached hydrogen (secondary N) is 1. The maximum absolute atomic E-state index is 11.2. The van der Waals surface area contributed by atoms with Gasteiger partial charge >= 0.3 is 0 Å². The first-order valence-electron chi connectivity index (χ1n) is 4.87. The number of hydrogen-bond donors (Lipinski definition) is 1. The summed E-state index contributed by atoms with van der Waals surface area (Å²) in [5.74, 6) is 1.64. The van der Waals surface area contributed by atoms with Crippen LogP contribution in [0.25, 0.3) is 11.0 Å². The van der Waals surface area contributed by atoms with Crippen LogP contribution in [0.5, 0.6) is 0 Å². The maximum Gasteiger partial charge on any atom is 0.227 e. The molecule has 3 rings (SSSR count). The number of anilines is 1. The van der Waals surface area contributed by atoms with Crippen LogP contribution in [-0.4, -0.2) is 20.4 Å². The highest BCUT2D eigenvalue weighted by Crippen LogP contribution is 2.24. The molecule has 1 aliphatic heterocycles. The molecule has 15 heavy (non-hydrogen) atoms. The van der Waals surface area contributed by atoms with Crippen molar-refractivity contribution in [2.75, 3.05) is 5.32 Å². The van der Waals surface area contributed by atoms with Gasteiger partial charge in [-0.25, -0.2) is 9.97 Å². The van der Waals surface area contributed by atoms with Crippen molar-refractivity contribution < 1.29 is 4.79 Å². The van der Waals surface area contributed by atoms with Crippen LogP contribution in [0.1, 0.15) is 12.2 Å². The first-order valence-corrected chi connectivity index (χ1v) is 4.87. The van der Waals surface area contributed by atoms with E-state index in [4.69, 9.17) is 0 Å². The van der Waals surface area contributed by atoms with Gasteiger partial charge in [0, 0.05) is 24.5 Å². The first-order chi connectivity index (χ1) is 7.24. The smallest absolute Gasteiger partial charge is 0.227 e. The number of aromatic nitrogens is 3. The lowest BCUT2D eigenvalue weighted by molar-refractivity contribution is -0.116. The van der Waals surface area contributed by atoms with Crippen LogP contribution in [0, 0.1) is 6.92 Å². The third-order valence-corrected chi connectivity index (χ3v) is 2.59. The van der Waals surface area contributed by atoms with Gasteiger partial charge in [-0.1, -0.05) is 0 Å². The van der Waals surface area contributed by atoms with E-state index >= 15 is 0 Å². The van der Waals surface area contributed by atoms with Crippen molar-refractivity contribution in [3.63, 3.8) is 0 Å². The molecule has 0 aromatic carbocycles. The molecule has 2 aromatic heterocycles. The summed E-state index contributed by atoms with van der Waals surface area (Å²) >= 11 is 0. The molecule has 0 spiro atoms. The number of amides is 1. The van der Waals surface area contributed by atoms with Gasteiger partial charge in [0.15, 0.2) is 0 Å². The van der Waals surface area contributed by atoms with E-state index in [-0.39, 0.29) is 5.91 Å². The number of fused-ring (bicyclic) bond motifs is 3. The molecule has 0 radical (unpaired) electrons. The average Bonchev–Trinajstić information content (AvgIpc) is 2.54. The van der Waals surface area contributed by atoms with Crippen molar-refractivity contribution in [2.45, 2.75) is 19.9 Å². The summed E-state index contributed by atoms with van der Waals surface area (Å²) < 4.78 is 2.02. The Balaban J connectivity index is 2.28. The van der Waals surface area contributed by atoms with E-state index in [1.165, 1.54) is 0 Å². The van der Waals surface area contributed by atoms with Crippen LogP contribution >= 0.6 is 0 Å². The Morgan fingerprint density at radius 2 is 2.40 bits per heavy atom. The highest BCUT2D eigenvalue weighted by molar-refractivity contribution is 5.95. The summed E-state index contributed by atoms with van der Waals surface area (Å²) in [7, 11) is 0. The molecule has 3 heterocycles. The van der Waals surface area contributed by atoms with Crippen LogP contribution in [0.3, 0.4) is 0 Å². The lowest BCUT2D eigenvalue weighted by Crippen LogP contribution is -2.22. The zero-order valence-electron chi connectivity index (χ0n) is 8.32. The number of hydrogen-bond acceptors (Lipinski definition) is 3. The molecule has 76 valence electrons. The van der Waals surface area contributed by atoms with Gasteiger partial charge in [-0.2, -0.15) is 0 Å². The molecule has 2 aromatic rings. The van der Waals surface area contributed by atoms with Crippen LogP contribution in [0.2, 0.25) is 0 Å². The molecule has 0 bridgehead atoms. The summed E-state index contributed by atoms with van der Waals surface area (Å²) in [6.07, 6.45) is 2.30. The summed E-state index contributed by atoms with van der Waals surface area (Å²) in [5, 5.41) is 3.80. The molecular formula is C10H10N4O. The van der Waals surface area contributed by atoms with E-state index in [1.54, 1.807) is 6.20 Å². The summed E-state index contributed by atoms with van der Waals surface area (Å²) in [6, 6.07) is 1.91. The Kier molecular flexibility index (Phi) is 1.56. The number of carbonyl (C=O) groups excluding carboxylic acids is 1. The van der Waals surface area contributed by atoms with E-state index in [0.29, 0.717) is 13.0 Å². The molecule has 0 aliphatic carbocycles. The third-order valence-electron chi connectivity index (χ3n) is 2.59. The van der Waals surface area contributed by atoms with Crippen molar-refractivity contribution >= 4 is 22.8 Å². The van der Waals surface area contributed by atoms with E-state index in [0.717, 1.165) is 22.7 Å². The Morgan fingerprint density at radius 1 is 1.53 bits per heavy atom. The topological polar surface area (TPSA) is 59.8 Å². The summed E-state index contributed by atoms with van der Waals surface area (Å²) in [6.45, 7) is 2.56. The maximum atomic E-state index is 11.2. The van der Waals surface area contributed by atoms with E-state index < -0.39 is 0 Å². The van der Waals surface area contributed by atoms with Gasteiger partial charge in [0.05, 0.1) is 0 Å². The number of carbonyl (C=O) groups is 1. The van der Waals surface area contributed by atoms with Gasteiger partial charge in [0.2, 0.25) is 5.91 Å². The second-order valence-electron chi connectivity index (χ2n) is 3.68. The normalized spacial score (nSPS) is 15.1. The van der Waals surface area contributed by atoms with Crippen LogP contribution < -0.4 is 5.32 Å². The quantitative estimate of drug-likeness (QED) is 0.695. The fraction of sp³-hybridized carbons (Fsp3) is 0.300. The fourth-order valence-corrected chi connectivity index (χ4v) is 1.87. The van der Waals surface area contributed by atoms with Crippen LogP contribution in [0.15, 0.2) is 12.3 Å². The summed E-state index contributed by atoms with van der Waals surface area (Å²) in [5.41, 5.74) is 0.900. The molecule has 1 aliphatic rings. The van der Waals surface area contributed by atoms with Crippen LogP contribution in [0.4, 0.5) is 5.82 Å². The first kappa shape index (κ1) is 8.40. The monoisotopic (exact) mass is 202 g/mol. The van der Waals surface area contributed by atoms with Crippen LogP contribution in [-0.2, 0) is 11.3 Å². The second kappa shape index (κ2) is 2.79. The molecule has 0 saturated carbocycles. The van der Waals surface area contributed by atoms with Crippen molar-refractivity contribution in [1.29, 1.82) is 0 Å². The zero-order chi connectivity index (χ0) is 10.4. The predicted octanol–water partition coefficient (Wildman–Crippen LogP) is 1.08. The number of nitrogens with zero attached hydrogens (tertiary/aromatic N) is 3. The lowest BCUT2D eigenvalue weighted by atomic mass is 10.3. The minimum Gasteiger partial charge on any atom is -0.312 e.